The molecule has 0 aliphatic rings. The Bertz CT molecular complexity index is 757. The molecule has 0 fully saturated rings. The zero-order valence-corrected chi connectivity index (χ0v) is 18.9. The van der Waals surface area contributed by atoms with Gasteiger partial charge in [0.1, 0.15) is 11.6 Å². The van der Waals surface area contributed by atoms with E-state index in [4.69, 9.17) is 11.6 Å². The van der Waals surface area contributed by atoms with Crippen LogP contribution in [0, 0.1) is 6.92 Å². The molecule has 0 radical (unpaired) electrons. The maximum absolute atomic E-state index is 12.5. The van der Waals surface area contributed by atoms with Crippen LogP contribution in [0.25, 0.3) is 0 Å². The van der Waals surface area contributed by atoms with Gasteiger partial charge in [-0.1, -0.05) is 11.6 Å². The van der Waals surface area contributed by atoms with Crippen molar-refractivity contribution in [2.24, 2.45) is 4.99 Å². The number of halogens is 4. The van der Waals surface area contributed by atoms with Crippen LogP contribution in [-0.4, -0.2) is 35.7 Å². The smallest absolute Gasteiger partial charge is 0.387 e. The second-order valence-electron chi connectivity index (χ2n) is 5.86. The molecule has 0 bridgehead atoms. The van der Waals surface area contributed by atoms with Crippen LogP contribution in [0.4, 0.5) is 8.78 Å². The van der Waals surface area contributed by atoms with Gasteiger partial charge in [0.15, 0.2) is 5.96 Å². The first-order valence-corrected chi connectivity index (χ1v) is 9.03. The van der Waals surface area contributed by atoms with E-state index in [2.05, 4.69) is 29.9 Å². The zero-order valence-electron chi connectivity index (χ0n) is 15.8. The van der Waals surface area contributed by atoms with Gasteiger partial charge in [0, 0.05) is 49.7 Å². The second-order valence-corrected chi connectivity index (χ2v) is 6.29. The Kier molecular flexibility index (Phi) is 11.1. The van der Waals surface area contributed by atoms with E-state index in [1.165, 1.54) is 12.1 Å². The van der Waals surface area contributed by atoms with Crippen molar-refractivity contribution in [1.82, 2.24) is 20.2 Å². The molecule has 2 aromatic rings. The molecule has 10 heteroatoms. The fraction of sp³-hybridized carbons (Fsp3) is 0.444. The number of rotatable bonds is 9. The Morgan fingerprint density at radius 2 is 2.11 bits per heavy atom. The van der Waals surface area contributed by atoms with Gasteiger partial charge in [-0.3, -0.25) is 4.99 Å². The number of benzene rings is 1. The number of hydrogen-bond donors (Lipinski definition) is 2. The van der Waals surface area contributed by atoms with E-state index >= 15 is 0 Å². The fourth-order valence-electron chi connectivity index (χ4n) is 2.55. The standard InChI is InChI=1S/C18H24ClF2N5O.HI/c1-13-23-8-10-26(13)9-4-3-7-24-18(22-2)25-12-14-11-15(19)5-6-16(14)27-17(20)21;/h5-6,8,10-11,17H,3-4,7,9,12H2,1-2H3,(H2,22,24,25);1H. The molecule has 0 amide bonds. The van der Waals surface area contributed by atoms with Crippen molar-refractivity contribution >= 4 is 41.5 Å². The molecule has 6 nitrogen and oxygen atoms in total. The molecule has 0 aliphatic carbocycles. The normalized spacial score (nSPS) is 11.3. The molecule has 1 aromatic heterocycles. The third-order valence-electron chi connectivity index (χ3n) is 3.95. The number of hydrogen-bond acceptors (Lipinski definition) is 3. The van der Waals surface area contributed by atoms with Gasteiger partial charge in [-0.15, -0.1) is 24.0 Å². The minimum absolute atomic E-state index is 0. The fourth-order valence-corrected chi connectivity index (χ4v) is 2.75. The lowest BCUT2D eigenvalue weighted by Crippen LogP contribution is -2.37. The lowest BCUT2D eigenvalue weighted by molar-refractivity contribution is -0.0504. The minimum atomic E-state index is -2.89. The molecule has 28 heavy (non-hydrogen) atoms. The highest BCUT2D eigenvalue weighted by atomic mass is 127. The van der Waals surface area contributed by atoms with E-state index in [9.17, 15) is 8.78 Å². The van der Waals surface area contributed by atoms with Gasteiger partial charge in [-0.25, -0.2) is 4.98 Å². The number of aliphatic imine (C=N–C) groups is 1. The molecule has 0 unspecified atom stereocenters. The number of nitrogens with zero attached hydrogens (tertiary/aromatic N) is 3. The quantitative estimate of drug-likeness (QED) is 0.222. The third-order valence-corrected chi connectivity index (χ3v) is 4.19. The number of aromatic nitrogens is 2. The molecule has 2 rings (SSSR count). The number of unbranched alkanes of at least 4 members (excludes halogenated alkanes) is 1. The predicted molar refractivity (Wildman–Crippen MR) is 118 cm³/mol. The summed E-state index contributed by atoms with van der Waals surface area (Å²) in [5.41, 5.74) is 0.529. The molecule has 0 spiro atoms. The van der Waals surface area contributed by atoms with Gasteiger partial charge in [0.2, 0.25) is 0 Å². The van der Waals surface area contributed by atoms with E-state index in [0.29, 0.717) is 16.5 Å². The van der Waals surface area contributed by atoms with Crippen molar-refractivity contribution < 1.29 is 13.5 Å². The van der Waals surface area contributed by atoms with Crippen LogP contribution in [0.1, 0.15) is 24.2 Å². The lowest BCUT2D eigenvalue weighted by atomic mass is 10.2. The Labute approximate surface area is 185 Å². The molecular formula is C18H25ClF2IN5O. The molecular weight excluding hydrogens is 503 g/mol. The van der Waals surface area contributed by atoms with Crippen molar-refractivity contribution in [2.45, 2.75) is 39.5 Å². The van der Waals surface area contributed by atoms with Crippen LogP contribution in [0.15, 0.2) is 35.6 Å². The molecule has 0 saturated heterocycles. The lowest BCUT2D eigenvalue weighted by Gasteiger charge is -2.15. The van der Waals surface area contributed by atoms with E-state index in [1.54, 1.807) is 19.3 Å². The van der Waals surface area contributed by atoms with Crippen molar-refractivity contribution in [3.8, 4) is 5.75 Å². The van der Waals surface area contributed by atoms with Crippen LogP contribution >= 0.6 is 35.6 Å². The van der Waals surface area contributed by atoms with Crippen molar-refractivity contribution in [3.63, 3.8) is 0 Å². The number of ether oxygens (including phenoxy) is 1. The van der Waals surface area contributed by atoms with Gasteiger partial charge in [0.05, 0.1) is 0 Å². The third kappa shape index (κ3) is 8.17. The van der Waals surface area contributed by atoms with Crippen molar-refractivity contribution in [3.05, 3.63) is 47.0 Å². The number of guanidine groups is 1. The number of nitrogens with one attached hydrogen (secondary N) is 2. The van der Waals surface area contributed by atoms with Crippen molar-refractivity contribution in [1.29, 1.82) is 0 Å². The number of alkyl halides is 2. The summed E-state index contributed by atoms with van der Waals surface area (Å²) in [6.07, 6.45) is 5.71. The van der Waals surface area contributed by atoms with Gasteiger partial charge < -0.3 is 19.9 Å². The van der Waals surface area contributed by atoms with E-state index in [0.717, 1.165) is 31.8 Å². The highest BCUT2D eigenvalue weighted by molar-refractivity contribution is 14.0. The second kappa shape index (κ2) is 12.8. The predicted octanol–water partition coefficient (Wildman–Crippen LogP) is 4.21. The molecule has 1 heterocycles. The summed E-state index contributed by atoms with van der Waals surface area (Å²) in [5.74, 6) is 1.67. The summed E-state index contributed by atoms with van der Waals surface area (Å²) < 4.78 is 31.7. The first-order chi connectivity index (χ1) is 13.0. The molecule has 0 aliphatic heterocycles. The zero-order chi connectivity index (χ0) is 19.6. The summed E-state index contributed by atoms with van der Waals surface area (Å²) >= 11 is 5.95. The Balaban J connectivity index is 0.00000392. The molecule has 1 aromatic carbocycles. The molecule has 0 atom stereocenters. The van der Waals surface area contributed by atoms with Gasteiger partial charge in [-0.2, -0.15) is 8.78 Å². The van der Waals surface area contributed by atoms with Crippen LogP contribution < -0.4 is 15.4 Å². The summed E-state index contributed by atoms with van der Waals surface area (Å²) in [7, 11) is 1.65. The van der Waals surface area contributed by atoms with Crippen LogP contribution in [0.2, 0.25) is 5.02 Å². The minimum Gasteiger partial charge on any atom is -0.434 e. The maximum Gasteiger partial charge on any atom is 0.387 e. The Morgan fingerprint density at radius 1 is 1.32 bits per heavy atom. The SMILES string of the molecule is CN=C(NCCCCn1ccnc1C)NCc1cc(Cl)ccc1OC(F)F.I. The number of aryl methyl sites for hydroxylation is 2. The van der Waals surface area contributed by atoms with E-state index in [1.807, 2.05) is 13.1 Å². The Hall–Kier alpha value is -1.62. The molecule has 0 saturated carbocycles. The maximum atomic E-state index is 12.5. The van der Waals surface area contributed by atoms with Crippen LogP contribution in [-0.2, 0) is 13.1 Å². The summed E-state index contributed by atoms with van der Waals surface area (Å²) in [6.45, 7) is 1.00. The van der Waals surface area contributed by atoms with Crippen LogP contribution in [0.5, 0.6) is 5.75 Å². The van der Waals surface area contributed by atoms with Crippen molar-refractivity contribution in [2.75, 3.05) is 13.6 Å². The first-order valence-electron chi connectivity index (χ1n) is 8.65. The number of imidazole rings is 1. The van der Waals surface area contributed by atoms with E-state index < -0.39 is 6.61 Å². The summed E-state index contributed by atoms with van der Waals surface area (Å²) in [4.78, 5) is 8.33. The molecule has 156 valence electrons. The highest BCUT2D eigenvalue weighted by Crippen LogP contribution is 2.24. The Morgan fingerprint density at radius 3 is 2.75 bits per heavy atom. The van der Waals surface area contributed by atoms with E-state index in [-0.39, 0.29) is 36.3 Å². The first kappa shape index (κ1) is 24.4. The topological polar surface area (TPSA) is 63.5 Å². The average molecular weight is 528 g/mol. The van der Waals surface area contributed by atoms with Crippen LogP contribution in [0.3, 0.4) is 0 Å². The average Bonchev–Trinajstić information content (AvgIpc) is 3.04. The van der Waals surface area contributed by atoms with Gasteiger partial charge in [-0.05, 0) is 38.0 Å². The van der Waals surface area contributed by atoms with Gasteiger partial charge in [0.25, 0.3) is 0 Å². The molecule has 2 N–H and O–H groups in total. The summed E-state index contributed by atoms with van der Waals surface area (Å²) in [6, 6.07) is 4.53. The van der Waals surface area contributed by atoms with Gasteiger partial charge >= 0.3 is 6.61 Å². The largest absolute Gasteiger partial charge is 0.434 e. The summed E-state index contributed by atoms with van der Waals surface area (Å²) in [5, 5.41) is 6.73. The highest BCUT2D eigenvalue weighted by Gasteiger charge is 2.11. The monoisotopic (exact) mass is 527 g/mol.